The zero-order valence-electron chi connectivity index (χ0n) is 20.0. The van der Waals surface area contributed by atoms with E-state index >= 15 is 0 Å². The van der Waals surface area contributed by atoms with Crippen LogP contribution in [0.1, 0.15) is 33.9 Å². The Morgan fingerprint density at radius 3 is 2.37 bits per heavy atom. The van der Waals surface area contributed by atoms with Gasteiger partial charge in [0.05, 0.1) is 33.4 Å². The van der Waals surface area contributed by atoms with Crippen LogP contribution in [0.3, 0.4) is 0 Å². The maximum atomic E-state index is 11.9. The van der Waals surface area contributed by atoms with Gasteiger partial charge in [-0.1, -0.05) is 60.7 Å². The Balaban J connectivity index is 0.00000253. The van der Waals surface area contributed by atoms with Gasteiger partial charge in [-0.05, 0) is 28.3 Å². The fraction of sp³-hybridized carbons (Fsp3) is 0.276. The molecule has 5 nitrogen and oxygen atoms in total. The molecule has 2 heterocycles. The van der Waals surface area contributed by atoms with Crippen LogP contribution in [0.25, 0.3) is 11.1 Å². The molecule has 0 unspecified atom stereocenters. The zero-order chi connectivity index (χ0) is 23.3. The molecule has 35 heavy (non-hydrogen) atoms. The molecule has 6 rings (SSSR count). The van der Waals surface area contributed by atoms with E-state index < -0.39 is 5.60 Å². The number of rotatable bonds is 6. The Morgan fingerprint density at radius 1 is 0.971 bits per heavy atom. The molecule has 0 fully saturated rings. The number of aliphatic hydroxyl groups is 1. The summed E-state index contributed by atoms with van der Waals surface area (Å²) in [5.74, 6) is 2.14. The monoisotopic (exact) mass is 532 g/mol. The highest BCUT2D eigenvalue weighted by molar-refractivity contribution is 5.81. The first kappa shape index (κ1) is 23.8. The van der Waals surface area contributed by atoms with Gasteiger partial charge in [-0.25, -0.2) is 4.98 Å². The minimum absolute atomic E-state index is 0. The Bertz CT molecular complexity index is 1330. The summed E-state index contributed by atoms with van der Waals surface area (Å²) in [7, 11) is 4.40. The van der Waals surface area contributed by atoms with E-state index in [0.29, 0.717) is 12.4 Å². The molecule has 0 spiro atoms. The van der Waals surface area contributed by atoms with Gasteiger partial charge in [0.15, 0.2) is 11.4 Å². The van der Waals surface area contributed by atoms with E-state index in [9.17, 15) is 5.11 Å². The summed E-state index contributed by atoms with van der Waals surface area (Å²) in [6, 6.07) is 22.4. The number of oxazole rings is 1. The predicted molar refractivity (Wildman–Crippen MR) is 131 cm³/mol. The average Bonchev–Trinajstić information content (AvgIpc) is 3.56. The third-order valence-corrected chi connectivity index (χ3v) is 7.13. The van der Waals surface area contributed by atoms with Crippen LogP contribution in [0.5, 0.6) is 5.75 Å². The number of fused-ring (bicyclic) bond motifs is 4. The first-order valence-electron chi connectivity index (χ1n) is 11.9. The summed E-state index contributed by atoms with van der Waals surface area (Å²) < 4.78 is 12.6. The van der Waals surface area contributed by atoms with Crippen molar-refractivity contribution in [2.45, 2.75) is 25.0 Å². The van der Waals surface area contributed by atoms with Crippen LogP contribution in [-0.2, 0) is 25.0 Å². The number of halogens is 1. The fourth-order valence-corrected chi connectivity index (χ4v) is 5.32. The topological polar surface area (TPSA) is 55.5 Å². The summed E-state index contributed by atoms with van der Waals surface area (Å²) in [6.45, 7) is 2.45. The second-order valence-corrected chi connectivity index (χ2v) is 10.0. The van der Waals surface area contributed by atoms with E-state index in [1.807, 2.05) is 48.5 Å². The molecule has 0 amide bonds. The van der Waals surface area contributed by atoms with Gasteiger partial charge in [0.2, 0.25) is 5.89 Å². The van der Waals surface area contributed by atoms with E-state index in [2.05, 4.69) is 37.3 Å². The number of hydrogen-bond donors (Lipinski definition) is 1. The normalized spacial score (nSPS) is 15.1. The largest absolute Gasteiger partial charge is 1.00 e. The summed E-state index contributed by atoms with van der Waals surface area (Å²) in [4.78, 5) is 4.57. The molecule has 6 heteroatoms. The lowest BCUT2D eigenvalue weighted by atomic mass is 9.91. The molecule has 1 aliphatic carbocycles. The van der Waals surface area contributed by atoms with E-state index in [4.69, 9.17) is 9.15 Å². The summed E-state index contributed by atoms with van der Waals surface area (Å²) in [5.41, 5.74) is 4.95. The smallest absolute Gasteiger partial charge is 0.236 e. The van der Waals surface area contributed by atoms with E-state index in [-0.39, 0.29) is 17.0 Å². The number of quaternary nitrogens is 1. The van der Waals surface area contributed by atoms with Crippen LogP contribution in [0.2, 0.25) is 0 Å². The molecule has 180 valence electrons. The van der Waals surface area contributed by atoms with E-state index in [1.54, 1.807) is 6.20 Å². The van der Waals surface area contributed by atoms with Crippen LogP contribution < -0.4 is 21.7 Å². The fourth-order valence-electron chi connectivity index (χ4n) is 5.32. The highest BCUT2D eigenvalue weighted by atomic mass is 79.9. The van der Waals surface area contributed by atoms with Crippen molar-refractivity contribution < 1.29 is 35.7 Å². The number of benzene rings is 3. The quantitative estimate of drug-likeness (QED) is 0.384. The highest BCUT2D eigenvalue weighted by Gasteiger charge is 2.46. The number of aromatic nitrogens is 1. The van der Waals surface area contributed by atoms with Gasteiger partial charge in [0.25, 0.3) is 0 Å². The minimum Gasteiger partial charge on any atom is -1.00 e. The van der Waals surface area contributed by atoms with Crippen molar-refractivity contribution in [3.63, 3.8) is 0 Å². The van der Waals surface area contributed by atoms with Crippen molar-refractivity contribution in [2.75, 3.05) is 27.2 Å². The third-order valence-electron chi connectivity index (χ3n) is 7.13. The molecule has 1 N–H and O–H groups in total. The van der Waals surface area contributed by atoms with Crippen molar-refractivity contribution in [2.24, 2.45) is 0 Å². The van der Waals surface area contributed by atoms with E-state index in [0.717, 1.165) is 64.2 Å². The Kier molecular flexibility index (Phi) is 6.08. The maximum absolute atomic E-state index is 11.9. The van der Waals surface area contributed by atoms with Crippen LogP contribution in [0.15, 0.2) is 77.3 Å². The first-order valence-corrected chi connectivity index (χ1v) is 11.9. The van der Waals surface area contributed by atoms with E-state index in [1.165, 1.54) is 11.1 Å². The molecule has 1 aliphatic heterocycles. The maximum Gasteiger partial charge on any atom is 0.236 e. The van der Waals surface area contributed by atoms with Gasteiger partial charge < -0.3 is 35.7 Å². The Labute approximate surface area is 216 Å². The van der Waals surface area contributed by atoms with Crippen molar-refractivity contribution in [1.29, 1.82) is 0 Å². The van der Waals surface area contributed by atoms with Crippen LogP contribution in [0, 0.1) is 0 Å². The molecule has 0 radical (unpaired) electrons. The van der Waals surface area contributed by atoms with Crippen LogP contribution in [0.4, 0.5) is 0 Å². The molecular formula is C29H29BrN2O3. The van der Waals surface area contributed by atoms with Gasteiger partial charge in [0.1, 0.15) is 12.3 Å². The molecule has 0 saturated carbocycles. The molecular weight excluding hydrogens is 504 g/mol. The van der Waals surface area contributed by atoms with Crippen molar-refractivity contribution in [1.82, 2.24) is 4.98 Å². The summed E-state index contributed by atoms with van der Waals surface area (Å²) >= 11 is 0. The van der Waals surface area contributed by atoms with Gasteiger partial charge in [-0.2, -0.15) is 0 Å². The first-order chi connectivity index (χ1) is 16.4. The van der Waals surface area contributed by atoms with Gasteiger partial charge in [-0.3, -0.25) is 0 Å². The zero-order valence-corrected chi connectivity index (χ0v) is 21.6. The summed E-state index contributed by atoms with van der Waals surface area (Å²) in [5, 5.41) is 11.9. The van der Waals surface area contributed by atoms with Gasteiger partial charge in [-0.15, -0.1) is 0 Å². The second kappa shape index (κ2) is 8.94. The lowest BCUT2D eigenvalue weighted by Crippen LogP contribution is -3.00. The Hall–Kier alpha value is -2.93. The Morgan fingerprint density at radius 2 is 1.66 bits per heavy atom. The lowest BCUT2D eigenvalue weighted by Gasteiger charge is -2.29. The number of likely N-dealkylation sites (N-methyl/N-ethyl adjacent to an activating group) is 1. The highest BCUT2D eigenvalue weighted by Crippen LogP contribution is 2.50. The van der Waals surface area contributed by atoms with Crippen LogP contribution in [-0.4, -0.2) is 41.8 Å². The molecule has 3 aromatic carbocycles. The van der Waals surface area contributed by atoms with Crippen molar-refractivity contribution >= 4 is 0 Å². The minimum atomic E-state index is -1.38. The lowest BCUT2D eigenvalue weighted by molar-refractivity contribution is -0.904. The SMILES string of the molecule is C[N+](C)(CCc1ccc2c(c1)CCO2)Cc1cnc(C2(O)c3ccccc3-c3ccccc32)o1.[Br-]. The molecule has 0 saturated heterocycles. The summed E-state index contributed by atoms with van der Waals surface area (Å²) in [6.07, 6.45) is 3.74. The number of hydrogen-bond acceptors (Lipinski definition) is 4. The van der Waals surface area contributed by atoms with Crippen molar-refractivity contribution in [3.05, 3.63) is 107 Å². The molecule has 0 bridgehead atoms. The average molecular weight is 533 g/mol. The molecule has 1 aromatic heterocycles. The standard InChI is InChI=1S/C29H29N2O3.BrH/c1-31(2,15-13-20-11-12-27-21(17-20)14-16-33-27)19-22-18-30-28(34-22)29(32)25-9-5-3-7-23(25)24-8-4-6-10-26(24)29;/h3-12,17-18,32H,13-16,19H2,1-2H3;1H/q+1;/p-1. The van der Waals surface area contributed by atoms with Gasteiger partial charge >= 0.3 is 0 Å². The number of ether oxygens (including phenoxy) is 1. The number of nitrogens with zero attached hydrogens (tertiary/aromatic N) is 2. The van der Waals surface area contributed by atoms with Gasteiger partial charge in [0, 0.05) is 24.0 Å². The molecule has 0 atom stereocenters. The molecule has 4 aromatic rings. The third kappa shape index (κ3) is 4.10. The predicted octanol–water partition coefficient (Wildman–Crippen LogP) is 1.70. The van der Waals surface area contributed by atoms with Crippen LogP contribution >= 0.6 is 0 Å². The molecule has 2 aliphatic rings. The van der Waals surface area contributed by atoms with Crippen molar-refractivity contribution in [3.8, 4) is 16.9 Å². The second-order valence-electron chi connectivity index (χ2n) is 10.0.